The van der Waals surface area contributed by atoms with E-state index in [1.807, 2.05) is 48.5 Å². The molecule has 8 aromatic carbocycles. The van der Waals surface area contributed by atoms with Gasteiger partial charge in [0.05, 0.1) is 17.8 Å². The van der Waals surface area contributed by atoms with Crippen LogP contribution in [0.2, 0.25) is 0 Å². The average molecular weight is 586 g/mol. The number of benzene rings is 8. The van der Waals surface area contributed by atoms with Crippen LogP contribution >= 0.6 is 0 Å². The molecule has 0 aliphatic rings. The lowest BCUT2D eigenvalue weighted by Crippen LogP contribution is -1.93. The molecule has 1 heterocycles. The number of hydrogen-bond donors (Lipinski definition) is 0. The normalized spacial score (nSPS) is 15.6. The summed E-state index contributed by atoms with van der Waals surface area (Å²) in [5.74, 6) is 0. The van der Waals surface area contributed by atoms with Gasteiger partial charge in [0.15, 0.2) is 0 Å². The molecule has 0 unspecified atom stereocenters. The highest BCUT2D eigenvalue weighted by molar-refractivity contribution is 6.27. The van der Waals surface area contributed by atoms with Crippen molar-refractivity contribution in [3.8, 4) is 44.5 Å². The van der Waals surface area contributed by atoms with E-state index in [0.717, 1.165) is 0 Å². The van der Waals surface area contributed by atoms with Crippen molar-refractivity contribution in [2.24, 2.45) is 0 Å². The molecule has 0 saturated heterocycles. The van der Waals surface area contributed by atoms with Crippen LogP contribution in [0.5, 0.6) is 0 Å². The lowest BCUT2D eigenvalue weighted by molar-refractivity contribution is 0.669. The van der Waals surface area contributed by atoms with Gasteiger partial charge in [0, 0.05) is 16.3 Å². The van der Waals surface area contributed by atoms with Crippen molar-refractivity contribution in [1.82, 2.24) is 0 Å². The van der Waals surface area contributed by atoms with E-state index in [1.54, 1.807) is 18.2 Å². The maximum absolute atomic E-state index is 9.55. The van der Waals surface area contributed by atoms with E-state index in [9.17, 15) is 11.0 Å². The predicted octanol–water partition coefficient (Wildman–Crippen LogP) is 12.6. The average Bonchev–Trinajstić information content (AvgIpc) is 3.62. The molecule has 0 bridgehead atoms. The number of fused-ring (bicyclic) bond motifs is 5. The van der Waals surface area contributed by atoms with Crippen molar-refractivity contribution in [3.63, 3.8) is 0 Å². The fourth-order valence-corrected chi connectivity index (χ4v) is 6.19. The lowest BCUT2D eigenvalue weighted by Gasteiger charge is -2.20. The standard InChI is InChI=1S/C44H28O/c1-3-13-29(14-4-1)30-23-25-32(26-24-30)41-34-17-7-9-19-36(34)42(37-20-10-8-18-35(37)41)44-33(31-15-5-2-6-16-31)27-28-40-43(44)38-21-11-12-22-39(38)45-40/h1-28H/i1D,7D,8D,9D,10D,17D,18D,19D,20D,23D,24D,25D,26D. The van der Waals surface area contributed by atoms with E-state index in [-0.39, 0.29) is 44.3 Å². The maximum atomic E-state index is 9.55. The fourth-order valence-electron chi connectivity index (χ4n) is 6.19. The molecule has 0 saturated carbocycles. The van der Waals surface area contributed by atoms with Gasteiger partial charge in [-0.15, -0.1) is 0 Å². The number of rotatable bonds is 4. The van der Waals surface area contributed by atoms with Crippen molar-refractivity contribution in [2.45, 2.75) is 0 Å². The van der Waals surface area contributed by atoms with Crippen LogP contribution in [0, 0.1) is 0 Å². The zero-order valence-corrected chi connectivity index (χ0v) is 23.6. The van der Waals surface area contributed by atoms with Crippen LogP contribution in [-0.2, 0) is 0 Å². The highest BCUT2D eigenvalue weighted by Crippen LogP contribution is 2.50. The monoisotopic (exact) mass is 585 g/mol. The summed E-state index contributed by atoms with van der Waals surface area (Å²) in [6.07, 6.45) is 0. The first-order valence-corrected chi connectivity index (χ1v) is 14.4. The Labute approximate surface area is 279 Å². The van der Waals surface area contributed by atoms with Gasteiger partial charge >= 0.3 is 0 Å². The Morgan fingerprint density at radius 3 is 1.62 bits per heavy atom. The van der Waals surface area contributed by atoms with Gasteiger partial charge in [-0.05, 0) is 72.6 Å². The molecule has 9 rings (SSSR count). The summed E-state index contributed by atoms with van der Waals surface area (Å²) < 4.78 is 125. The third-order valence-corrected chi connectivity index (χ3v) is 8.14. The zero-order valence-electron chi connectivity index (χ0n) is 36.6. The van der Waals surface area contributed by atoms with E-state index >= 15 is 0 Å². The summed E-state index contributed by atoms with van der Waals surface area (Å²) in [6, 6.07) is 19.2. The molecule has 0 aliphatic heterocycles. The highest BCUT2D eigenvalue weighted by atomic mass is 16.3. The summed E-state index contributed by atoms with van der Waals surface area (Å²) in [5, 5.41) is 0.412. The molecule has 9 aromatic rings. The smallest absolute Gasteiger partial charge is 0.136 e. The van der Waals surface area contributed by atoms with Gasteiger partial charge in [0.1, 0.15) is 11.2 Å². The first-order chi connectivity index (χ1) is 27.7. The Bertz CT molecular complexity index is 3140. The van der Waals surface area contributed by atoms with Crippen LogP contribution < -0.4 is 0 Å². The Hall–Kier alpha value is -5.92. The van der Waals surface area contributed by atoms with Gasteiger partial charge < -0.3 is 4.42 Å². The summed E-state index contributed by atoms with van der Waals surface area (Å²) >= 11 is 0. The van der Waals surface area contributed by atoms with E-state index in [2.05, 4.69) is 0 Å². The summed E-state index contributed by atoms with van der Waals surface area (Å²) in [6.45, 7) is 0. The SMILES string of the molecule is [2H]c1ccc(-c2c([2H])c([2H])c(-c3c4c([2H])c([2H])c([2H])c([2H])c4c(-c4c(-c5ccccc5)ccc5oc6ccccc6c45)c4c([2H])c([2H])c([2H])c([2H])c34)c([2H])c2[2H])cc1. The molecule has 0 aliphatic carbocycles. The molecule has 1 nitrogen and oxygen atoms in total. The summed E-state index contributed by atoms with van der Waals surface area (Å²) in [7, 11) is 0. The van der Waals surface area contributed by atoms with E-state index in [1.165, 1.54) is 24.3 Å². The number of para-hydroxylation sites is 1. The Balaban J connectivity index is 1.61. The van der Waals surface area contributed by atoms with Gasteiger partial charge in [0.25, 0.3) is 0 Å². The minimum atomic E-state index is -0.664. The van der Waals surface area contributed by atoms with Gasteiger partial charge in [-0.3, -0.25) is 0 Å². The topological polar surface area (TPSA) is 13.1 Å². The maximum Gasteiger partial charge on any atom is 0.136 e. The van der Waals surface area contributed by atoms with Crippen molar-refractivity contribution in [3.05, 3.63) is 170 Å². The van der Waals surface area contributed by atoms with E-state index in [0.29, 0.717) is 44.2 Å². The van der Waals surface area contributed by atoms with Crippen LogP contribution in [0.25, 0.3) is 88.0 Å². The lowest BCUT2D eigenvalue weighted by atomic mass is 9.82. The van der Waals surface area contributed by atoms with Gasteiger partial charge in [-0.2, -0.15) is 0 Å². The van der Waals surface area contributed by atoms with Gasteiger partial charge in [-0.25, -0.2) is 0 Å². The first-order valence-electron chi connectivity index (χ1n) is 20.9. The van der Waals surface area contributed by atoms with Crippen molar-refractivity contribution < 1.29 is 22.2 Å². The van der Waals surface area contributed by atoms with Crippen molar-refractivity contribution in [2.75, 3.05) is 0 Å². The first kappa shape index (κ1) is 15.7. The molecular weight excluding hydrogens is 544 g/mol. The van der Waals surface area contributed by atoms with Crippen LogP contribution in [0.1, 0.15) is 17.8 Å². The molecule has 0 amide bonds. The fraction of sp³-hybridized carbons (Fsp3) is 0. The molecule has 0 atom stereocenters. The second kappa shape index (κ2) is 10.4. The van der Waals surface area contributed by atoms with Crippen LogP contribution in [0.15, 0.2) is 174 Å². The molecule has 210 valence electrons. The van der Waals surface area contributed by atoms with Crippen LogP contribution in [0.3, 0.4) is 0 Å². The molecule has 0 fully saturated rings. The van der Waals surface area contributed by atoms with Gasteiger partial charge in [0.2, 0.25) is 0 Å². The molecule has 0 spiro atoms. The third-order valence-electron chi connectivity index (χ3n) is 8.14. The largest absolute Gasteiger partial charge is 0.456 e. The van der Waals surface area contributed by atoms with Crippen LogP contribution in [-0.4, -0.2) is 0 Å². The van der Waals surface area contributed by atoms with Crippen molar-refractivity contribution in [1.29, 1.82) is 0 Å². The quantitative estimate of drug-likeness (QED) is 0.187. The van der Waals surface area contributed by atoms with Crippen molar-refractivity contribution >= 4 is 43.5 Å². The summed E-state index contributed by atoms with van der Waals surface area (Å²) in [5.41, 5.74) is 2.18. The Kier molecular flexibility index (Phi) is 3.62. The van der Waals surface area contributed by atoms with E-state index in [4.69, 9.17) is 11.3 Å². The molecular formula is C44H28O. The second-order valence-corrected chi connectivity index (χ2v) is 10.6. The molecule has 1 heteroatoms. The third kappa shape index (κ3) is 4.09. The molecule has 0 radical (unpaired) electrons. The minimum absolute atomic E-state index is 0.0612. The Morgan fingerprint density at radius 1 is 0.356 bits per heavy atom. The highest BCUT2D eigenvalue weighted by Gasteiger charge is 2.23. The van der Waals surface area contributed by atoms with E-state index < -0.39 is 78.1 Å². The molecule has 0 N–H and O–H groups in total. The zero-order chi connectivity index (χ0) is 41.1. The second-order valence-electron chi connectivity index (χ2n) is 10.6. The molecule has 1 aromatic heterocycles. The Morgan fingerprint density at radius 2 is 0.933 bits per heavy atom. The number of furan rings is 1. The molecule has 45 heavy (non-hydrogen) atoms. The van der Waals surface area contributed by atoms with Gasteiger partial charge in [-0.1, -0.05) is 157 Å². The summed E-state index contributed by atoms with van der Waals surface area (Å²) in [4.78, 5) is 0. The number of hydrogen-bond acceptors (Lipinski definition) is 1. The predicted molar refractivity (Wildman–Crippen MR) is 190 cm³/mol. The van der Waals surface area contributed by atoms with Crippen LogP contribution in [0.4, 0.5) is 0 Å². The minimum Gasteiger partial charge on any atom is -0.456 e.